The summed E-state index contributed by atoms with van der Waals surface area (Å²) >= 11 is 0. The van der Waals surface area contributed by atoms with Crippen LogP contribution in [0.25, 0.3) is 0 Å². The van der Waals surface area contributed by atoms with E-state index in [4.69, 9.17) is 15.9 Å². The Balaban J connectivity index is 0.000000320. The number of carbonyl (C=O) groups is 1. The quantitative estimate of drug-likeness (QED) is 0.427. The molecule has 0 spiro atoms. The number of benzene rings is 3. The lowest BCUT2D eigenvalue weighted by molar-refractivity contribution is -0.122. The van der Waals surface area contributed by atoms with E-state index in [0.29, 0.717) is 6.42 Å². The van der Waals surface area contributed by atoms with Gasteiger partial charge in [0.1, 0.15) is 17.3 Å². The van der Waals surface area contributed by atoms with Gasteiger partial charge in [0.2, 0.25) is 5.91 Å². The highest BCUT2D eigenvalue weighted by atomic mass is 19.1. The molecule has 1 amide bonds. The normalized spacial score (nSPS) is 14.3. The number of phenolic OH excluding ortho intramolecular Hbond substituents is 2. The van der Waals surface area contributed by atoms with E-state index in [1.807, 2.05) is 60.7 Å². The summed E-state index contributed by atoms with van der Waals surface area (Å²) in [5.41, 5.74) is 7.29. The number of likely N-dealkylation sites (tertiary alicyclic amines) is 1. The van der Waals surface area contributed by atoms with Crippen LogP contribution >= 0.6 is 0 Å². The highest BCUT2D eigenvalue weighted by molar-refractivity contribution is 5.90. The topological polar surface area (TPSA) is 86.8 Å². The first-order valence-electron chi connectivity index (χ1n) is 12.0. The van der Waals surface area contributed by atoms with Crippen LogP contribution in [0.4, 0.5) is 4.39 Å². The summed E-state index contributed by atoms with van der Waals surface area (Å²) in [6, 6.07) is 22.9. The fourth-order valence-electron chi connectivity index (χ4n) is 4.84. The number of halogens is 1. The fourth-order valence-corrected chi connectivity index (χ4v) is 4.84. The van der Waals surface area contributed by atoms with E-state index in [-0.39, 0.29) is 22.9 Å². The van der Waals surface area contributed by atoms with E-state index in [1.54, 1.807) is 0 Å². The van der Waals surface area contributed by atoms with Crippen molar-refractivity contribution in [1.82, 2.24) is 4.90 Å². The Morgan fingerprint density at radius 3 is 1.71 bits per heavy atom. The number of primary amides is 1. The average molecular weight is 479 g/mol. The van der Waals surface area contributed by atoms with Crippen LogP contribution in [0.3, 0.4) is 0 Å². The lowest BCUT2D eigenvalue weighted by atomic mass is 9.69. The zero-order valence-electron chi connectivity index (χ0n) is 20.5. The number of rotatable bonds is 7. The molecule has 1 aliphatic rings. The Morgan fingerprint density at radius 1 is 0.857 bits per heavy atom. The fraction of sp³-hybridized carbons (Fsp3) is 0.345. The molecule has 6 heteroatoms. The van der Waals surface area contributed by atoms with Crippen molar-refractivity contribution in [1.29, 1.82) is 0 Å². The van der Waals surface area contributed by atoms with E-state index in [9.17, 15) is 9.18 Å². The molecular weight excluding hydrogens is 443 g/mol. The molecule has 0 atom stereocenters. The zero-order chi connectivity index (χ0) is 25.5. The standard InChI is InChI=1S/C23H30N2O.C6H5FO2/c1-22(2,25-17-9-10-18-25)15-16-23(21(24)26,19-11-5-3-6-12-19)20-13-7-4-8-14-20;7-4-1-5(8)3-6(9)2-4/h3-8,11-14H,9-10,15-18H2,1-2H3,(H2,24,26);1-3,8-9H. The van der Waals surface area contributed by atoms with Gasteiger partial charge in [0.15, 0.2) is 0 Å². The minimum Gasteiger partial charge on any atom is -0.508 e. The van der Waals surface area contributed by atoms with Gasteiger partial charge in [0.05, 0.1) is 5.41 Å². The number of amides is 1. The van der Waals surface area contributed by atoms with Crippen molar-refractivity contribution in [2.24, 2.45) is 5.73 Å². The summed E-state index contributed by atoms with van der Waals surface area (Å²) in [7, 11) is 0. The molecule has 0 aliphatic carbocycles. The highest BCUT2D eigenvalue weighted by Crippen LogP contribution is 2.39. The molecule has 1 saturated heterocycles. The second-order valence-corrected chi connectivity index (χ2v) is 9.68. The summed E-state index contributed by atoms with van der Waals surface area (Å²) in [4.78, 5) is 15.4. The number of nitrogens with zero attached hydrogens (tertiary/aromatic N) is 1. The van der Waals surface area contributed by atoms with Gasteiger partial charge in [-0.05, 0) is 63.7 Å². The maximum atomic E-state index is 12.9. The Morgan fingerprint density at radius 2 is 1.31 bits per heavy atom. The van der Waals surface area contributed by atoms with Gasteiger partial charge in [-0.15, -0.1) is 0 Å². The SMILES string of the molecule is CC(C)(CCC(C(N)=O)(c1ccccc1)c1ccccc1)N1CCCC1.Oc1cc(O)cc(F)c1. The Labute approximate surface area is 207 Å². The van der Waals surface area contributed by atoms with E-state index in [1.165, 1.54) is 12.8 Å². The van der Waals surface area contributed by atoms with E-state index >= 15 is 0 Å². The Hall–Kier alpha value is -3.38. The molecular formula is C29H35FN2O3. The molecule has 1 heterocycles. The van der Waals surface area contributed by atoms with Gasteiger partial charge in [0, 0.05) is 23.7 Å². The maximum Gasteiger partial charge on any atom is 0.232 e. The maximum absolute atomic E-state index is 12.9. The van der Waals surface area contributed by atoms with Crippen molar-refractivity contribution in [3.05, 3.63) is 95.8 Å². The average Bonchev–Trinajstić information content (AvgIpc) is 3.36. The Bertz CT molecular complexity index is 1010. The van der Waals surface area contributed by atoms with Gasteiger partial charge in [-0.3, -0.25) is 9.69 Å². The first-order valence-corrected chi connectivity index (χ1v) is 12.0. The van der Waals surface area contributed by atoms with Gasteiger partial charge in [-0.1, -0.05) is 60.7 Å². The lowest BCUT2D eigenvalue weighted by Gasteiger charge is -2.40. The predicted octanol–water partition coefficient (Wildman–Crippen LogP) is 5.35. The molecule has 1 fully saturated rings. The first-order chi connectivity index (χ1) is 16.6. The van der Waals surface area contributed by atoms with Crippen molar-refractivity contribution in [2.75, 3.05) is 13.1 Å². The number of nitrogens with two attached hydrogens (primary N) is 1. The van der Waals surface area contributed by atoms with Crippen LogP contribution in [0.2, 0.25) is 0 Å². The number of hydrogen-bond donors (Lipinski definition) is 3. The largest absolute Gasteiger partial charge is 0.508 e. The number of hydrogen-bond acceptors (Lipinski definition) is 4. The molecule has 1 aliphatic heterocycles. The molecule has 0 unspecified atom stereocenters. The number of aromatic hydroxyl groups is 2. The van der Waals surface area contributed by atoms with Gasteiger partial charge in [-0.25, -0.2) is 4.39 Å². The number of carbonyl (C=O) groups excluding carboxylic acids is 1. The van der Waals surface area contributed by atoms with Crippen molar-refractivity contribution in [3.63, 3.8) is 0 Å². The van der Waals surface area contributed by atoms with Gasteiger partial charge < -0.3 is 15.9 Å². The molecule has 4 N–H and O–H groups in total. The van der Waals surface area contributed by atoms with Gasteiger partial charge >= 0.3 is 0 Å². The third kappa shape index (κ3) is 6.40. The summed E-state index contributed by atoms with van der Waals surface area (Å²) < 4.78 is 12.1. The molecule has 3 aromatic carbocycles. The minimum atomic E-state index is -0.792. The summed E-state index contributed by atoms with van der Waals surface area (Å²) in [6.45, 7) is 6.88. The van der Waals surface area contributed by atoms with Crippen LogP contribution in [0.15, 0.2) is 78.9 Å². The van der Waals surface area contributed by atoms with Crippen molar-refractivity contribution < 1.29 is 19.4 Å². The predicted molar refractivity (Wildman–Crippen MR) is 137 cm³/mol. The minimum absolute atomic E-state index is 0.0563. The molecule has 4 rings (SSSR count). The van der Waals surface area contributed by atoms with Crippen LogP contribution in [-0.4, -0.2) is 39.6 Å². The molecule has 5 nitrogen and oxygen atoms in total. The van der Waals surface area contributed by atoms with Crippen molar-refractivity contribution >= 4 is 5.91 Å². The highest BCUT2D eigenvalue weighted by Gasteiger charge is 2.42. The van der Waals surface area contributed by atoms with Crippen molar-refractivity contribution in [3.8, 4) is 11.5 Å². The second-order valence-electron chi connectivity index (χ2n) is 9.68. The van der Waals surface area contributed by atoms with Crippen molar-refractivity contribution in [2.45, 2.75) is 50.5 Å². The molecule has 186 valence electrons. The van der Waals surface area contributed by atoms with Crippen LogP contribution < -0.4 is 5.73 Å². The molecule has 35 heavy (non-hydrogen) atoms. The van der Waals surface area contributed by atoms with Crippen LogP contribution in [-0.2, 0) is 10.2 Å². The summed E-state index contributed by atoms with van der Waals surface area (Å²) in [5, 5.41) is 17.2. The zero-order valence-corrected chi connectivity index (χ0v) is 20.5. The molecule has 0 saturated carbocycles. The smallest absolute Gasteiger partial charge is 0.232 e. The van der Waals surface area contributed by atoms with E-state index in [0.717, 1.165) is 48.8 Å². The monoisotopic (exact) mass is 478 g/mol. The molecule has 0 radical (unpaired) electrons. The molecule has 3 aromatic rings. The molecule has 0 bridgehead atoms. The second kappa shape index (κ2) is 11.4. The summed E-state index contributed by atoms with van der Waals surface area (Å²) in [5.74, 6) is -1.46. The first kappa shape index (κ1) is 26.2. The number of phenols is 2. The van der Waals surface area contributed by atoms with Crippen LogP contribution in [0.1, 0.15) is 50.7 Å². The van der Waals surface area contributed by atoms with E-state index in [2.05, 4.69) is 18.7 Å². The molecule has 0 aromatic heterocycles. The van der Waals surface area contributed by atoms with Gasteiger partial charge in [-0.2, -0.15) is 0 Å². The summed E-state index contributed by atoms with van der Waals surface area (Å²) in [6.07, 6.45) is 4.16. The van der Waals surface area contributed by atoms with Crippen LogP contribution in [0.5, 0.6) is 11.5 Å². The van der Waals surface area contributed by atoms with Crippen LogP contribution in [0, 0.1) is 5.82 Å². The van der Waals surface area contributed by atoms with E-state index < -0.39 is 11.2 Å². The third-order valence-electron chi connectivity index (χ3n) is 6.90. The lowest BCUT2D eigenvalue weighted by Crippen LogP contribution is -2.47. The van der Waals surface area contributed by atoms with Gasteiger partial charge in [0.25, 0.3) is 0 Å². The Kier molecular flexibility index (Phi) is 8.52. The third-order valence-corrected chi connectivity index (χ3v) is 6.90.